The van der Waals surface area contributed by atoms with Crippen molar-refractivity contribution >= 4 is 40.8 Å². The first kappa shape index (κ1) is 22.9. The third-order valence-electron chi connectivity index (χ3n) is 3.19. The maximum atomic E-state index is 12.7. The van der Waals surface area contributed by atoms with E-state index in [0.29, 0.717) is 11.8 Å². The second-order valence-corrected chi connectivity index (χ2v) is 7.51. The van der Waals surface area contributed by atoms with Crippen LogP contribution in [0.2, 0.25) is 0 Å². The molecule has 0 unspecified atom stereocenters. The average Bonchev–Trinajstić information content (AvgIpc) is 2.58. The molecule has 2 aromatic carbocycles. The van der Waals surface area contributed by atoms with Gasteiger partial charge >= 0.3 is 11.7 Å². The molecule has 0 aliphatic heterocycles. The summed E-state index contributed by atoms with van der Waals surface area (Å²) < 4.78 is 75.2. The van der Waals surface area contributed by atoms with Crippen molar-refractivity contribution in [2.75, 3.05) is 11.1 Å². The zero-order valence-electron chi connectivity index (χ0n) is 14.0. The Labute approximate surface area is 168 Å². The Balaban J connectivity index is 2.07. The van der Waals surface area contributed by atoms with Crippen molar-refractivity contribution in [1.29, 1.82) is 0 Å². The first-order valence-electron chi connectivity index (χ1n) is 7.49. The number of hydrogen-bond donors (Lipinski definition) is 1. The quantitative estimate of drug-likeness (QED) is 0.252. The topological polar surface area (TPSA) is 72.2 Å². The summed E-state index contributed by atoms with van der Waals surface area (Å²) in [6.07, 6.45) is -4.59. The van der Waals surface area contributed by atoms with E-state index in [9.17, 15) is 41.3 Å². The zero-order chi connectivity index (χ0) is 21.8. The van der Waals surface area contributed by atoms with E-state index < -0.39 is 51.3 Å². The first-order chi connectivity index (χ1) is 13.3. The molecule has 0 aliphatic carbocycles. The molecule has 0 fully saturated rings. The van der Waals surface area contributed by atoms with Crippen LogP contribution in [0.3, 0.4) is 0 Å². The smallest absolute Gasteiger partial charge is 0.325 e. The molecule has 2 aromatic rings. The van der Waals surface area contributed by atoms with Crippen molar-refractivity contribution in [2.45, 2.75) is 21.5 Å². The van der Waals surface area contributed by atoms with Gasteiger partial charge in [-0.1, -0.05) is 6.07 Å². The number of nitrogens with zero attached hydrogens (tertiary/aromatic N) is 1. The number of rotatable bonds is 6. The second-order valence-electron chi connectivity index (χ2n) is 5.35. The summed E-state index contributed by atoms with van der Waals surface area (Å²) in [5.74, 6) is -1.14. The number of hydrogen-bond acceptors (Lipinski definition) is 5. The largest absolute Gasteiger partial charge is 0.446 e. The minimum atomic E-state index is -4.62. The lowest BCUT2D eigenvalue weighted by molar-refractivity contribution is -0.387. The van der Waals surface area contributed by atoms with Crippen LogP contribution >= 0.6 is 23.5 Å². The standard InChI is InChI=1S/C16H10F6N2O3S2/c17-15(18,19)9-2-1-3-10(6-9)23-14(25)8-28-13-5-4-11(29-16(20,21)22)7-12(13)24(26)27/h1-7H,8H2,(H,23,25). The van der Waals surface area contributed by atoms with Crippen LogP contribution in [-0.2, 0) is 11.0 Å². The van der Waals surface area contributed by atoms with E-state index in [2.05, 4.69) is 5.32 Å². The molecule has 0 aromatic heterocycles. The van der Waals surface area contributed by atoms with Gasteiger partial charge in [-0.05, 0) is 42.1 Å². The van der Waals surface area contributed by atoms with Gasteiger partial charge in [0.15, 0.2) is 0 Å². The Morgan fingerprint density at radius 2 is 1.76 bits per heavy atom. The number of carbonyl (C=O) groups is 1. The minimum Gasteiger partial charge on any atom is -0.325 e. The van der Waals surface area contributed by atoms with Gasteiger partial charge in [-0.2, -0.15) is 26.3 Å². The summed E-state index contributed by atoms with van der Waals surface area (Å²) in [6.45, 7) is 0. The van der Waals surface area contributed by atoms with E-state index in [1.165, 1.54) is 6.07 Å². The highest BCUT2D eigenvalue weighted by Crippen LogP contribution is 2.40. The van der Waals surface area contributed by atoms with Gasteiger partial charge in [0.05, 0.1) is 21.1 Å². The molecular weight excluding hydrogens is 446 g/mol. The first-order valence-corrected chi connectivity index (χ1v) is 9.29. The molecule has 13 heteroatoms. The van der Waals surface area contributed by atoms with E-state index in [1.54, 1.807) is 0 Å². The highest BCUT2D eigenvalue weighted by atomic mass is 32.2. The summed E-state index contributed by atoms with van der Waals surface area (Å²) in [5.41, 5.74) is -6.31. The van der Waals surface area contributed by atoms with Crippen molar-refractivity contribution in [3.8, 4) is 0 Å². The van der Waals surface area contributed by atoms with Crippen LogP contribution in [0.15, 0.2) is 52.3 Å². The molecule has 0 spiro atoms. The number of nitro groups is 1. The second kappa shape index (κ2) is 8.95. The Morgan fingerprint density at radius 3 is 2.34 bits per heavy atom. The number of nitro benzene ring substituents is 1. The van der Waals surface area contributed by atoms with Gasteiger partial charge in [0.25, 0.3) is 5.69 Å². The summed E-state index contributed by atoms with van der Waals surface area (Å²) in [4.78, 5) is 21.7. The average molecular weight is 456 g/mol. The number of amides is 1. The summed E-state index contributed by atoms with van der Waals surface area (Å²) in [7, 11) is 0. The monoisotopic (exact) mass is 456 g/mol. The predicted octanol–water partition coefficient (Wildman–Crippen LogP) is 5.96. The van der Waals surface area contributed by atoms with Crippen LogP contribution in [0.1, 0.15) is 5.56 Å². The zero-order valence-corrected chi connectivity index (χ0v) is 15.6. The number of thioether (sulfide) groups is 2. The van der Waals surface area contributed by atoms with Crippen LogP contribution < -0.4 is 5.32 Å². The maximum absolute atomic E-state index is 12.7. The molecular formula is C16H10F6N2O3S2. The van der Waals surface area contributed by atoms with Crippen molar-refractivity contribution in [2.24, 2.45) is 0 Å². The predicted molar refractivity (Wildman–Crippen MR) is 95.8 cm³/mol. The lowest BCUT2D eigenvalue weighted by Crippen LogP contribution is -2.15. The van der Waals surface area contributed by atoms with Crippen molar-refractivity contribution in [1.82, 2.24) is 0 Å². The molecule has 1 amide bonds. The summed E-state index contributed by atoms with van der Waals surface area (Å²) >= 11 is 0.158. The Morgan fingerprint density at radius 1 is 1.07 bits per heavy atom. The number of benzene rings is 2. The van der Waals surface area contributed by atoms with Crippen LogP contribution in [0, 0.1) is 10.1 Å². The highest BCUT2D eigenvalue weighted by Gasteiger charge is 2.31. The molecule has 0 aliphatic rings. The van der Waals surface area contributed by atoms with Crippen LogP contribution in [-0.4, -0.2) is 22.1 Å². The van der Waals surface area contributed by atoms with Gasteiger partial charge in [0, 0.05) is 16.6 Å². The van der Waals surface area contributed by atoms with Gasteiger partial charge < -0.3 is 5.32 Å². The van der Waals surface area contributed by atoms with Gasteiger partial charge in [-0.3, -0.25) is 14.9 Å². The highest BCUT2D eigenvalue weighted by molar-refractivity contribution is 8.00. The molecule has 2 rings (SSSR count). The number of alkyl halides is 6. The van der Waals surface area contributed by atoms with Crippen LogP contribution in [0.25, 0.3) is 0 Å². The third-order valence-corrected chi connectivity index (χ3v) is 4.98. The van der Waals surface area contributed by atoms with Gasteiger partial charge in [0.2, 0.25) is 5.91 Å². The molecule has 1 N–H and O–H groups in total. The third kappa shape index (κ3) is 7.16. The molecule has 0 radical (unpaired) electrons. The molecule has 0 saturated heterocycles. The number of halogens is 6. The fraction of sp³-hybridized carbons (Fsp3) is 0.188. The molecule has 0 saturated carbocycles. The van der Waals surface area contributed by atoms with E-state index in [1.807, 2.05) is 0 Å². The van der Waals surface area contributed by atoms with Gasteiger partial charge in [-0.25, -0.2) is 0 Å². The maximum Gasteiger partial charge on any atom is 0.446 e. The fourth-order valence-corrected chi connectivity index (χ4v) is 3.45. The lowest BCUT2D eigenvalue weighted by Gasteiger charge is -2.10. The molecule has 29 heavy (non-hydrogen) atoms. The molecule has 156 valence electrons. The normalized spacial score (nSPS) is 11.9. The molecule has 0 bridgehead atoms. The Kier molecular flexibility index (Phi) is 7.06. The van der Waals surface area contributed by atoms with Crippen LogP contribution in [0.5, 0.6) is 0 Å². The number of carbonyl (C=O) groups excluding carboxylic acids is 1. The van der Waals surface area contributed by atoms with Gasteiger partial charge in [0.1, 0.15) is 0 Å². The van der Waals surface area contributed by atoms with E-state index in [0.717, 1.165) is 36.4 Å². The molecule has 0 heterocycles. The lowest BCUT2D eigenvalue weighted by atomic mass is 10.2. The van der Waals surface area contributed by atoms with E-state index >= 15 is 0 Å². The van der Waals surface area contributed by atoms with Gasteiger partial charge in [-0.15, -0.1) is 11.8 Å². The van der Waals surface area contributed by atoms with E-state index in [4.69, 9.17) is 0 Å². The minimum absolute atomic E-state index is 0.0549. The van der Waals surface area contributed by atoms with Crippen molar-refractivity contribution in [3.05, 3.63) is 58.1 Å². The summed E-state index contributed by atoms with van der Waals surface area (Å²) in [6, 6.07) is 6.75. The fourth-order valence-electron chi connectivity index (χ4n) is 2.07. The number of nitrogens with one attached hydrogen (secondary N) is 1. The molecule has 0 atom stereocenters. The van der Waals surface area contributed by atoms with Crippen molar-refractivity contribution < 1.29 is 36.1 Å². The van der Waals surface area contributed by atoms with Crippen molar-refractivity contribution in [3.63, 3.8) is 0 Å². The van der Waals surface area contributed by atoms with E-state index in [-0.39, 0.29) is 15.5 Å². The summed E-state index contributed by atoms with van der Waals surface area (Å²) in [5, 5.41) is 13.3. The van der Waals surface area contributed by atoms with Crippen LogP contribution in [0.4, 0.5) is 37.7 Å². The Hall–Kier alpha value is -2.41. The SMILES string of the molecule is O=C(CSc1ccc(SC(F)(F)F)cc1[N+](=O)[O-])Nc1cccc(C(F)(F)F)c1. The Bertz CT molecular complexity index is 918. The number of anilines is 1. The molecule has 5 nitrogen and oxygen atoms in total.